The van der Waals surface area contributed by atoms with E-state index in [0.29, 0.717) is 30.0 Å². The van der Waals surface area contributed by atoms with E-state index in [9.17, 15) is 8.78 Å². The highest BCUT2D eigenvalue weighted by Crippen LogP contribution is 2.36. The summed E-state index contributed by atoms with van der Waals surface area (Å²) in [6, 6.07) is 3.58. The van der Waals surface area contributed by atoms with Crippen LogP contribution < -0.4 is 5.32 Å². The molecule has 1 fully saturated rings. The van der Waals surface area contributed by atoms with Gasteiger partial charge in [0.1, 0.15) is 17.8 Å². The van der Waals surface area contributed by atoms with E-state index in [1.165, 1.54) is 6.33 Å². The molecule has 3 aromatic rings. The monoisotopic (exact) mass is 330 g/mol. The van der Waals surface area contributed by atoms with Crippen LogP contribution >= 0.6 is 0 Å². The van der Waals surface area contributed by atoms with Gasteiger partial charge < -0.3 is 5.32 Å². The molecule has 1 aliphatic rings. The maximum absolute atomic E-state index is 13.3. The molecule has 0 bridgehead atoms. The summed E-state index contributed by atoms with van der Waals surface area (Å²) >= 11 is 0. The number of nitrogens with one attached hydrogen (secondary N) is 2. The number of pyridine rings is 1. The predicted octanol–water partition coefficient (Wildman–Crippen LogP) is 3.40. The Hall–Kier alpha value is -2.64. The Morgan fingerprint density at radius 3 is 2.71 bits per heavy atom. The number of aromatic amines is 1. The lowest BCUT2D eigenvalue weighted by Gasteiger charge is -2.29. The molecule has 0 aromatic carbocycles. The van der Waals surface area contributed by atoms with Crippen molar-refractivity contribution in [2.45, 2.75) is 37.6 Å². The van der Waals surface area contributed by atoms with Crippen molar-refractivity contribution < 1.29 is 8.78 Å². The number of hydrogen-bond acceptors (Lipinski definition) is 5. The number of rotatable bonds is 3. The highest BCUT2D eigenvalue weighted by Gasteiger charge is 2.35. The summed E-state index contributed by atoms with van der Waals surface area (Å²) in [5, 5.41) is 11.4. The second-order valence-corrected chi connectivity index (χ2v) is 6.02. The average molecular weight is 330 g/mol. The fraction of sp³-hybridized carbons (Fsp3) is 0.375. The normalized spacial score (nSPS) is 17.9. The molecule has 4 rings (SSSR count). The van der Waals surface area contributed by atoms with Crippen molar-refractivity contribution in [1.82, 2.24) is 25.1 Å². The Morgan fingerprint density at radius 2 is 1.96 bits per heavy atom. The summed E-state index contributed by atoms with van der Waals surface area (Å²) in [6.45, 7) is 0. The van der Waals surface area contributed by atoms with Crippen LogP contribution in [-0.2, 0) is 0 Å². The third kappa shape index (κ3) is 2.79. The first-order valence-corrected chi connectivity index (χ1v) is 7.86. The molecule has 3 heterocycles. The van der Waals surface area contributed by atoms with Crippen molar-refractivity contribution in [2.75, 3.05) is 5.32 Å². The number of H-pyrrole nitrogens is 1. The van der Waals surface area contributed by atoms with Crippen molar-refractivity contribution in [2.24, 2.45) is 0 Å². The molecule has 0 aliphatic heterocycles. The maximum Gasteiger partial charge on any atom is 0.248 e. The summed E-state index contributed by atoms with van der Waals surface area (Å²) in [5.74, 6) is -1.90. The van der Waals surface area contributed by atoms with E-state index < -0.39 is 5.92 Å². The molecule has 0 amide bonds. The van der Waals surface area contributed by atoms with Crippen molar-refractivity contribution in [3.8, 4) is 11.4 Å². The second-order valence-electron chi connectivity index (χ2n) is 6.02. The number of alkyl halides is 2. The highest BCUT2D eigenvalue weighted by atomic mass is 19.3. The Morgan fingerprint density at radius 1 is 1.12 bits per heavy atom. The lowest BCUT2D eigenvalue weighted by atomic mass is 9.92. The fourth-order valence-electron chi connectivity index (χ4n) is 3.07. The van der Waals surface area contributed by atoms with Gasteiger partial charge in [-0.2, -0.15) is 5.10 Å². The number of halogens is 2. The van der Waals surface area contributed by atoms with Crippen LogP contribution in [0.1, 0.15) is 25.7 Å². The molecule has 6 nitrogen and oxygen atoms in total. The molecule has 1 saturated carbocycles. The van der Waals surface area contributed by atoms with E-state index in [-0.39, 0.29) is 18.9 Å². The van der Waals surface area contributed by atoms with Gasteiger partial charge in [0.05, 0.1) is 16.6 Å². The molecule has 0 unspecified atom stereocenters. The molecule has 0 spiro atoms. The van der Waals surface area contributed by atoms with Crippen molar-refractivity contribution in [3.63, 3.8) is 0 Å². The first-order chi connectivity index (χ1) is 11.6. The minimum Gasteiger partial charge on any atom is -0.367 e. The molecule has 2 N–H and O–H groups in total. The van der Waals surface area contributed by atoms with Gasteiger partial charge in [-0.05, 0) is 25.0 Å². The second kappa shape index (κ2) is 5.77. The molecule has 0 atom stereocenters. The van der Waals surface area contributed by atoms with Gasteiger partial charge in [0.25, 0.3) is 0 Å². The average Bonchev–Trinajstić information content (AvgIpc) is 3.03. The van der Waals surface area contributed by atoms with Gasteiger partial charge in [0.2, 0.25) is 5.92 Å². The lowest BCUT2D eigenvalue weighted by Crippen LogP contribution is -2.32. The Kier molecular flexibility index (Phi) is 3.59. The summed E-state index contributed by atoms with van der Waals surface area (Å²) < 4.78 is 26.7. The SMILES string of the molecule is FC1(F)CCC(Nc2nccc3[nH]nc(-c4ccncn4)c23)CC1. The van der Waals surface area contributed by atoms with Crippen molar-refractivity contribution in [1.29, 1.82) is 0 Å². The van der Waals surface area contributed by atoms with Crippen LogP contribution in [0.4, 0.5) is 14.6 Å². The van der Waals surface area contributed by atoms with E-state index in [0.717, 1.165) is 10.9 Å². The van der Waals surface area contributed by atoms with Crippen LogP contribution in [0.25, 0.3) is 22.3 Å². The molecule has 124 valence electrons. The minimum atomic E-state index is -2.54. The van der Waals surface area contributed by atoms with Gasteiger partial charge >= 0.3 is 0 Å². The quantitative estimate of drug-likeness (QED) is 0.769. The molecule has 0 radical (unpaired) electrons. The Bertz CT molecular complexity index is 838. The van der Waals surface area contributed by atoms with E-state index in [4.69, 9.17) is 0 Å². The van der Waals surface area contributed by atoms with E-state index in [1.54, 1.807) is 18.5 Å². The number of aromatic nitrogens is 5. The highest BCUT2D eigenvalue weighted by molar-refractivity contribution is 5.99. The topological polar surface area (TPSA) is 79.4 Å². The third-order valence-corrected chi connectivity index (χ3v) is 4.36. The summed E-state index contributed by atoms with van der Waals surface area (Å²) in [7, 11) is 0. The molecular formula is C16H16F2N6. The first kappa shape index (κ1) is 14.9. The van der Waals surface area contributed by atoms with E-state index in [2.05, 4.69) is 30.5 Å². The Labute approximate surface area is 136 Å². The molecular weight excluding hydrogens is 314 g/mol. The molecule has 3 aromatic heterocycles. The van der Waals surface area contributed by atoms with Crippen molar-refractivity contribution >= 4 is 16.7 Å². The zero-order valence-corrected chi connectivity index (χ0v) is 12.8. The molecule has 0 saturated heterocycles. The predicted molar refractivity (Wildman–Crippen MR) is 85.7 cm³/mol. The molecule has 8 heteroatoms. The van der Waals surface area contributed by atoms with Gasteiger partial charge in [-0.15, -0.1) is 0 Å². The van der Waals surface area contributed by atoms with Gasteiger partial charge in [0, 0.05) is 31.3 Å². The van der Waals surface area contributed by atoms with Crippen LogP contribution in [0.15, 0.2) is 30.9 Å². The zero-order chi connectivity index (χ0) is 16.6. The van der Waals surface area contributed by atoms with E-state index >= 15 is 0 Å². The smallest absolute Gasteiger partial charge is 0.248 e. The van der Waals surface area contributed by atoms with Crippen LogP contribution in [-0.4, -0.2) is 37.1 Å². The standard InChI is InChI=1S/C16H16F2N6/c17-16(18)5-1-10(2-6-16)22-15-13-11(4-8-20-15)23-24-14(13)12-3-7-19-9-21-12/h3-4,7-10H,1-2,5-6H2,(H,20,22)(H,23,24). The number of fused-ring (bicyclic) bond motifs is 1. The number of anilines is 1. The zero-order valence-electron chi connectivity index (χ0n) is 12.8. The van der Waals surface area contributed by atoms with Crippen LogP contribution in [0.2, 0.25) is 0 Å². The summed E-state index contributed by atoms with van der Waals surface area (Å²) in [4.78, 5) is 12.5. The number of nitrogens with zero attached hydrogens (tertiary/aromatic N) is 4. The van der Waals surface area contributed by atoms with E-state index in [1.807, 2.05) is 6.07 Å². The first-order valence-electron chi connectivity index (χ1n) is 7.86. The minimum absolute atomic E-state index is 0.0177. The number of hydrogen-bond donors (Lipinski definition) is 2. The largest absolute Gasteiger partial charge is 0.367 e. The van der Waals surface area contributed by atoms with Crippen LogP contribution in [0.3, 0.4) is 0 Å². The van der Waals surface area contributed by atoms with Crippen molar-refractivity contribution in [3.05, 3.63) is 30.9 Å². The summed E-state index contributed by atoms with van der Waals surface area (Å²) in [5.41, 5.74) is 2.17. The third-order valence-electron chi connectivity index (χ3n) is 4.36. The van der Waals surface area contributed by atoms with Gasteiger partial charge in [-0.3, -0.25) is 5.10 Å². The Balaban J connectivity index is 1.67. The molecule has 1 aliphatic carbocycles. The summed E-state index contributed by atoms with van der Waals surface area (Å²) in [6.07, 6.45) is 5.44. The molecule has 24 heavy (non-hydrogen) atoms. The van der Waals surface area contributed by atoms with Gasteiger partial charge in [-0.25, -0.2) is 23.7 Å². The fourth-order valence-corrected chi connectivity index (χ4v) is 3.07. The van der Waals surface area contributed by atoms with Crippen LogP contribution in [0, 0.1) is 0 Å². The van der Waals surface area contributed by atoms with Crippen LogP contribution in [0.5, 0.6) is 0 Å². The maximum atomic E-state index is 13.3. The lowest BCUT2D eigenvalue weighted by molar-refractivity contribution is -0.0361. The van der Waals surface area contributed by atoms with Gasteiger partial charge in [0.15, 0.2) is 0 Å². The van der Waals surface area contributed by atoms with Gasteiger partial charge in [-0.1, -0.05) is 0 Å².